The van der Waals surface area contributed by atoms with Crippen molar-refractivity contribution in [3.63, 3.8) is 0 Å². The van der Waals surface area contributed by atoms with E-state index in [-0.39, 0.29) is 0 Å². The molecule has 0 saturated heterocycles. The quantitative estimate of drug-likeness (QED) is 0.698. The highest BCUT2D eigenvalue weighted by Gasteiger charge is 2.07. The summed E-state index contributed by atoms with van der Waals surface area (Å²) in [5.74, 6) is 0. The number of aromatic nitrogens is 1. The third-order valence-corrected chi connectivity index (χ3v) is 4.36. The monoisotopic (exact) mass is 280 g/mol. The van der Waals surface area contributed by atoms with Crippen molar-refractivity contribution in [1.82, 2.24) is 4.98 Å². The molecular weight excluding hydrogens is 264 g/mol. The molecule has 2 N–H and O–H groups in total. The summed E-state index contributed by atoms with van der Waals surface area (Å²) >= 11 is 1.76. The molecule has 0 aliphatic heterocycles. The van der Waals surface area contributed by atoms with E-state index >= 15 is 0 Å². The van der Waals surface area contributed by atoms with Gasteiger partial charge in [-0.25, -0.2) is 0 Å². The number of hydrogen-bond acceptors (Lipinski definition) is 3. The van der Waals surface area contributed by atoms with Crippen molar-refractivity contribution in [3.8, 4) is 0 Å². The number of pyridine rings is 1. The van der Waals surface area contributed by atoms with E-state index in [0.717, 1.165) is 16.8 Å². The van der Waals surface area contributed by atoms with Gasteiger partial charge in [0.15, 0.2) is 0 Å². The lowest BCUT2D eigenvalue weighted by Gasteiger charge is -2.09. The van der Waals surface area contributed by atoms with E-state index in [9.17, 15) is 0 Å². The summed E-state index contributed by atoms with van der Waals surface area (Å²) in [6.07, 6.45) is 1.86. The van der Waals surface area contributed by atoms with E-state index in [1.165, 1.54) is 20.7 Å². The van der Waals surface area contributed by atoms with Crippen LogP contribution in [0.4, 0.5) is 5.69 Å². The molecule has 0 atom stereocenters. The van der Waals surface area contributed by atoms with Crippen LogP contribution in [-0.2, 0) is 0 Å². The Kier molecular flexibility index (Phi) is 3.36. The molecule has 0 bridgehead atoms. The van der Waals surface area contributed by atoms with Crippen LogP contribution in [0.5, 0.6) is 0 Å². The molecule has 0 aliphatic rings. The summed E-state index contributed by atoms with van der Waals surface area (Å²) < 4.78 is 0. The molecule has 0 amide bonds. The lowest BCUT2D eigenvalue weighted by molar-refractivity contribution is 1.22. The van der Waals surface area contributed by atoms with Gasteiger partial charge < -0.3 is 5.73 Å². The maximum absolute atomic E-state index is 6.04. The van der Waals surface area contributed by atoms with Gasteiger partial charge in [0.05, 0.1) is 0 Å². The van der Waals surface area contributed by atoms with Gasteiger partial charge in [-0.05, 0) is 44.2 Å². The number of nitrogens with two attached hydrogens (primary N) is 1. The number of hydrogen-bond donors (Lipinski definition) is 1. The fraction of sp³-hybridized carbons (Fsp3) is 0.118. The highest BCUT2D eigenvalue weighted by Crippen LogP contribution is 2.35. The van der Waals surface area contributed by atoms with Crippen LogP contribution in [0.15, 0.2) is 58.5 Å². The van der Waals surface area contributed by atoms with Gasteiger partial charge in [0.25, 0.3) is 0 Å². The largest absolute Gasteiger partial charge is 0.398 e. The van der Waals surface area contributed by atoms with E-state index in [4.69, 9.17) is 5.73 Å². The molecule has 2 nitrogen and oxygen atoms in total. The summed E-state index contributed by atoms with van der Waals surface area (Å²) in [5, 5.41) is 2.19. The average molecular weight is 280 g/mol. The Labute approximate surface area is 123 Å². The second kappa shape index (κ2) is 5.17. The maximum Gasteiger partial charge on any atom is 0.0410 e. The highest BCUT2D eigenvalue weighted by atomic mass is 32.2. The number of nitrogen functional groups attached to an aromatic ring is 1. The van der Waals surface area contributed by atoms with Crippen LogP contribution < -0.4 is 5.73 Å². The molecule has 100 valence electrons. The second-order valence-corrected chi connectivity index (χ2v) is 6.05. The molecule has 1 heterocycles. The molecule has 3 rings (SSSR count). The van der Waals surface area contributed by atoms with E-state index in [1.807, 2.05) is 19.2 Å². The minimum atomic E-state index is 0.778. The molecule has 0 saturated carbocycles. The van der Waals surface area contributed by atoms with Crippen LogP contribution in [0, 0.1) is 13.8 Å². The predicted octanol–water partition coefficient (Wildman–Crippen LogP) is 4.59. The second-order valence-electron chi connectivity index (χ2n) is 4.94. The van der Waals surface area contributed by atoms with E-state index < -0.39 is 0 Å². The molecule has 2 aromatic carbocycles. The number of anilines is 1. The smallest absolute Gasteiger partial charge is 0.0410 e. The number of rotatable bonds is 2. The minimum Gasteiger partial charge on any atom is -0.398 e. The minimum absolute atomic E-state index is 0.778. The molecule has 0 fully saturated rings. The van der Waals surface area contributed by atoms with Gasteiger partial charge in [0.2, 0.25) is 0 Å². The van der Waals surface area contributed by atoms with Crippen molar-refractivity contribution in [2.75, 3.05) is 5.73 Å². The Bertz CT molecular complexity index is 764. The fourth-order valence-corrected chi connectivity index (χ4v) is 3.10. The third-order valence-electron chi connectivity index (χ3n) is 3.28. The Hall–Kier alpha value is -2.00. The maximum atomic E-state index is 6.04. The molecule has 0 spiro atoms. The zero-order valence-corrected chi connectivity index (χ0v) is 12.4. The summed E-state index contributed by atoms with van der Waals surface area (Å²) in [7, 11) is 0. The van der Waals surface area contributed by atoms with Gasteiger partial charge in [-0.15, -0.1) is 0 Å². The standard InChI is InChI=1S/C17H16N2S/c1-11-3-5-13(6-4-11)20-17-8-7-16(18)15-10-19-12(2)9-14(15)17/h3-10H,18H2,1-2H3. The lowest BCUT2D eigenvalue weighted by atomic mass is 10.1. The number of fused-ring (bicyclic) bond motifs is 1. The summed E-state index contributed by atoms with van der Waals surface area (Å²) in [5.41, 5.74) is 9.10. The molecule has 3 aromatic rings. The first-order valence-corrected chi connectivity index (χ1v) is 7.34. The van der Waals surface area contributed by atoms with Gasteiger partial charge in [0.1, 0.15) is 0 Å². The SMILES string of the molecule is Cc1ccc(Sc2ccc(N)c3cnc(C)cc23)cc1. The van der Waals surface area contributed by atoms with Crippen molar-refractivity contribution in [2.45, 2.75) is 23.6 Å². The van der Waals surface area contributed by atoms with E-state index in [0.29, 0.717) is 0 Å². The molecule has 0 radical (unpaired) electrons. The van der Waals surface area contributed by atoms with Gasteiger partial charge in [-0.3, -0.25) is 4.98 Å². The summed E-state index contributed by atoms with van der Waals surface area (Å²) in [6, 6.07) is 14.7. The molecule has 0 aliphatic carbocycles. The van der Waals surface area contributed by atoms with Crippen LogP contribution >= 0.6 is 11.8 Å². The van der Waals surface area contributed by atoms with Crippen molar-refractivity contribution in [1.29, 1.82) is 0 Å². The topological polar surface area (TPSA) is 38.9 Å². The molecular formula is C17H16N2S. The van der Waals surface area contributed by atoms with Crippen molar-refractivity contribution in [2.24, 2.45) is 0 Å². The van der Waals surface area contributed by atoms with Gasteiger partial charge >= 0.3 is 0 Å². The highest BCUT2D eigenvalue weighted by molar-refractivity contribution is 7.99. The normalized spacial score (nSPS) is 10.9. The zero-order valence-electron chi connectivity index (χ0n) is 11.6. The van der Waals surface area contributed by atoms with Gasteiger partial charge in [-0.1, -0.05) is 29.5 Å². The fourth-order valence-electron chi connectivity index (χ4n) is 2.16. The third kappa shape index (κ3) is 2.49. The Balaban J connectivity index is 2.09. The molecule has 20 heavy (non-hydrogen) atoms. The van der Waals surface area contributed by atoms with Crippen molar-refractivity contribution >= 4 is 28.2 Å². The van der Waals surface area contributed by atoms with Gasteiger partial charge in [-0.2, -0.15) is 0 Å². The molecule has 1 aromatic heterocycles. The summed E-state index contributed by atoms with van der Waals surface area (Å²) in [4.78, 5) is 6.78. The van der Waals surface area contributed by atoms with Crippen molar-refractivity contribution in [3.05, 3.63) is 59.9 Å². The van der Waals surface area contributed by atoms with Crippen LogP contribution in [0.1, 0.15) is 11.3 Å². The zero-order chi connectivity index (χ0) is 14.1. The van der Waals surface area contributed by atoms with E-state index in [2.05, 4.69) is 48.3 Å². The van der Waals surface area contributed by atoms with E-state index in [1.54, 1.807) is 11.8 Å². The van der Waals surface area contributed by atoms with Crippen LogP contribution in [0.3, 0.4) is 0 Å². The first kappa shape index (κ1) is 13.0. The molecule has 3 heteroatoms. The predicted molar refractivity (Wildman–Crippen MR) is 86.2 cm³/mol. The summed E-state index contributed by atoms with van der Waals surface area (Å²) in [6.45, 7) is 4.10. The number of benzene rings is 2. The lowest BCUT2D eigenvalue weighted by Crippen LogP contribution is -1.91. The van der Waals surface area contributed by atoms with Crippen LogP contribution in [-0.4, -0.2) is 4.98 Å². The first-order chi connectivity index (χ1) is 9.63. The first-order valence-electron chi connectivity index (χ1n) is 6.53. The van der Waals surface area contributed by atoms with Crippen LogP contribution in [0.2, 0.25) is 0 Å². The Morgan fingerprint density at radius 1 is 0.950 bits per heavy atom. The van der Waals surface area contributed by atoms with Crippen molar-refractivity contribution < 1.29 is 0 Å². The van der Waals surface area contributed by atoms with Gasteiger partial charge in [0, 0.05) is 38.1 Å². The van der Waals surface area contributed by atoms with Crippen LogP contribution in [0.25, 0.3) is 10.8 Å². The number of aryl methyl sites for hydroxylation is 2. The Morgan fingerprint density at radius 2 is 1.70 bits per heavy atom. The number of nitrogens with zero attached hydrogens (tertiary/aromatic N) is 1. The molecule has 0 unspecified atom stereocenters. The average Bonchev–Trinajstić information content (AvgIpc) is 2.44. The Morgan fingerprint density at radius 3 is 2.45 bits per heavy atom.